The van der Waals surface area contributed by atoms with Crippen LogP contribution in [0.2, 0.25) is 0 Å². The van der Waals surface area contributed by atoms with E-state index in [9.17, 15) is 4.79 Å². The summed E-state index contributed by atoms with van der Waals surface area (Å²) in [4.78, 5) is 19.8. The zero-order valence-electron chi connectivity index (χ0n) is 16.5. The molecule has 1 N–H and O–H groups in total. The molecule has 29 heavy (non-hydrogen) atoms. The summed E-state index contributed by atoms with van der Waals surface area (Å²) >= 11 is 1.86. The van der Waals surface area contributed by atoms with Crippen LogP contribution in [0.4, 0.5) is 0 Å². The van der Waals surface area contributed by atoms with Crippen molar-refractivity contribution < 1.29 is 4.79 Å². The van der Waals surface area contributed by atoms with Crippen LogP contribution in [0.1, 0.15) is 47.7 Å². The Bertz CT molecular complexity index is 912. The van der Waals surface area contributed by atoms with Crippen LogP contribution in [0.25, 0.3) is 11.4 Å². The largest absolute Gasteiger partial charge is 0.356 e. The van der Waals surface area contributed by atoms with Gasteiger partial charge in [-0.1, -0.05) is 30.3 Å². The number of hydrogen-bond acceptors (Lipinski definition) is 6. The second-order valence-corrected chi connectivity index (χ2v) is 8.48. The van der Waals surface area contributed by atoms with Crippen molar-refractivity contribution >= 4 is 17.2 Å². The van der Waals surface area contributed by atoms with Gasteiger partial charge in [0.05, 0.1) is 17.2 Å². The number of thiazole rings is 1. The van der Waals surface area contributed by atoms with Crippen molar-refractivity contribution in [3.05, 3.63) is 45.9 Å². The van der Waals surface area contributed by atoms with E-state index in [1.54, 1.807) is 4.80 Å². The van der Waals surface area contributed by atoms with Crippen LogP contribution in [-0.4, -0.2) is 37.6 Å². The van der Waals surface area contributed by atoms with E-state index in [0.29, 0.717) is 31.8 Å². The number of nitrogens with one attached hydrogen (secondary N) is 1. The average Bonchev–Trinajstić information content (AvgIpc) is 3.38. The zero-order chi connectivity index (χ0) is 19.9. The molecule has 0 spiro atoms. The highest BCUT2D eigenvalue weighted by molar-refractivity contribution is 7.11. The van der Waals surface area contributed by atoms with Gasteiger partial charge in [0.1, 0.15) is 0 Å². The third-order valence-electron chi connectivity index (χ3n) is 5.03. The normalized spacial score (nSPS) is 13.2. The minimum atomic E-state index is 0.0758. The Balaban J connectivity index is 1.12. The fourth-order valence-corrected chi connectivity index (χ4v) is 4.69. The van der Waals surface area contributed by atoms with Crippen LogP contribution >= 0.6 is 11.3 Å². The SMILES string of the molecule is O=C(CCCn1nnc(-c2ccccc2)n1)NCCCc1nc2c(s1)CCCC2. The minimum absolute atomic E-state index is 0.0758. The third-order valence-corrected chi connectivity index (χ3v) is 6.24. The lowest BCUT2D eigenvalue weighted by molar-refractivity contribution is -0.121. The molecule has 2 aromatic heterocycles. The quantitative estimate of drug-likeness (QED) is 0.548. The van der Waals surface area contributed by atoms with Crippen molar-refractivity contribution in [3.63, 3.8) is 0 Å². The smallest absolute Gasteiger partial charge is 0.220 e. The van der Waals surface area contributed by atoms with Gasteiger partial charge in [-0.15, -0.1) is 21.5 Å². The van der Waals surface area contributed by atoms with Gasteiger partial charge in [-0.3, -0.25) is 4.79 Å². The van der Waals surface area contributed by atoms with E-state index < -0.39 is 0 Å². The van der Waals surface area contributed by atoms with Crippen LogP contribution < -0.4 is 5.32 Å². The standard InChI is InChI=1S/C21H26N6OS/c28-19(22-14-6-13-20-23-17-10-4-5-11-18(17)29-20)12-7-15-27-25-21(24-26-27)16-8-2-1-3-9-16/h1-3,8-9H,4-7,10-15H2,(H,22,28). The second-order valence-electron chi connectivity index (χ2n) is 7.32. The lowest BCUT2D eigenvalue weighted by Crippen LogP contribution is -2.24. The maximum atomic E-state index is 12.0. The van der Waals surface area contributed by atoms with Crippen LogP contribution in [0.5, 0.6) is 0 Å². The summed E-state index contributed by atoms with van der Waals surface area (Å²) in [6.07, 6.45) is 7.93. The van der Waals surface area contributed by atoms with Gasteiger partial charge in [0, 0.05) is 29.8 Å². The van der Waals surface area contributed by atoms with Gasteiger partial charge >= 0.3 is 0 Å². The topological polar surface area (TPSA) is 85.6 Å². The molecule has 8 heteroatoms. The van der Waals surface area contributed by atoms with Gasteiger partial charge in [0.15, 0.2) is 0 Å². The first-order chi connectivity index (χ1) is 14.3. The Morgan fingerprint density at radius 3 is 2.86 bits per heavy atom. The number of hydrogen-bond donors (Lipinski definition) is 1. The zero-order valence-corrected chi connectivity index (χ0v) is 17.3. The Kier molecular flexibility index (Phi) is 6.61. The van der Waals surface area contributed by atoms with Gasteiger partial charge < -0.3 is 5.32 Å². The number of nitrogens with zero attached hydrogens (tertiary/aromatic N) is 5. The lowest BCUT2D eigenvalue weighted by Gasteiger charge is -2.06. The van der Waals surface area contributed by atoms with Gasteiger partial charge in [-0.2, -0.15) is 4.80 Å². The van der Waals surface area contributed by atoms with Crippen LogP contribution in [-0.2, 0) is 30.6 Å². The number of carbonyl (C=O) groups is 1. The minimum Gasteiger partial charge on any atom is -0.356 e. The molecule has 4 rings (SSSR count). The van der Waals surface area contributed by atoms with E-state index in [2.05, 4.69) is 20.7 Å². The van der Waals surface area contributed by atoms with Gasteiger partial charge in [0.25, 0.3) is 0 Å². The molecule has 1 aliphatic rings. The van der Waals surface area contributed by atoms with Crippen LogP contribution in [0.15, 0.2) is 30.3 Å². The highest BCUT2D eigenvalue weighted by Crippen LogP contribution is 2.27. The van der Waals surface area contributed by atoms with E-state index in [0.717, 1.165) is 24.8 Å². The van der Waals surface area contributed by atoms with Crippen LogP contribution in [0, 0.1) is 0 Å². The van der Waals surface area contributed by atoms with E-state index in [1.165, 1.54) is 34.8 Å². The number of fused-ring (bicyclic) bond motifs is 1. The number of aromatic nitrogens is 5. The predicted molar refractivity (Wildman–Crippen MR) is 113 cm³/mol. The first kappa shape index (κ1) is 19.7. The summed E-state index contributed by atoms with van der Waals surface area (Å²) < 4.78 is 0. The van der Waals surface area contributed by atoms with E-state index >= 15 is 0 Å². The van der Waals surface area contributed by atoms with Crippen molar-refractivity contribution in [2.45, 2.75) is 57.9 Å². The molecule has 0 radical (unpaired) electrons. The first-order valence-corrected chi connectivity index (χ1v) is 11.2. The maximum absolute atomic E-state index is 12.0. The maximum Gasteiger partial charge on any atom is 0.220 e. The third kappa shape index (κ3) is 5.47. The molecule has 0 fully saturated rings. The van der Waals surface area contributed by atoms with E-state index in [-0.39, 0.29) is 5.91 Å². The van der Waals surface area contributed by atoms with Crippen molar-refractivity contribution in [2.24, 2.45) is 0 Å². The second kappa shape index (κ2) is 9.73. The molecule has 0 atom stereocenters. The fraction of sp³-hybridized carbons (Fsp3) is 0.476. The van der Waals surface area contributed by atoms with Crippen molar-refractivity contribution in [1.29, 1.82) is 0 Å². The number of rotatable bonds is 9. The molecule has 2 heterocycles. The Morgan fingerprint density at radius 1 is 1.14 bits per heavy atom. The summed E-state index contributed by atoms with van der Waals surface area (Å²) in [7, 11) is 0. The van der Waals surface area contributed by atoms with Crippen molar-refractivity contribution in [1.82, 2.24) is 30.5 Å². The fourth-order valence-electron chi connectivity index (χ4n) is 3.49. The predicted octanol–water partition coefficient (Wildman–Crippen LogP) is 3.20. The summed E-state index contributed by atoms with van der Waals surface area (Å²) in [5.41, 5.74) is 2.26. The van der Waals surface area contributed by atoms with Crippen LogP contribution in [0.3, 0.4) is 0 Å². The molecule has 1 aliphatic carbocycles. The molecule has 0 unspecified atom stereocenters. The highest BCUT2D eigenvalue weighted by Gasteiger charge is 2.14. The Morgan fingerprint density at radius 2 is 2.00 bits per heavy atom. The monoisotopic (exact) mass is 410 g/mol. The molecule has 152 valence electrons. The average molecular weight is 411 g/mol. The molecule has 0 saturated carbocycles. The Labute approximate surface area is 174 Å². The number of benzene rings is 1. The molecule has 1 aromatic carbocycles. The van der Waals surface area contributed by atoms with E-state index in [1.807, 2.05) is 41.7 Å². The van der Waals surface area contributed by atoms with Crippen molar-refractivity contribution in [2.75, 3.05) is 6.54 Å². The molecular formula is C21H26N6OS. The molecule has 7 nitrogen and oxygen atoms in total. The first-order valence-electron chi connectivity index (χ1n) is 10.4. The number of amides is 1. The number of aryl methyl sites for hydroxylation is 4. The number of tetrazole rings is 1. The molecule has 0 bridgehead atoms. The van der Waals surface area contributed by atoms with Gasteiger partial charge in [0.2, 0.25) is 11.7 Å². The Hall–Kier alpha value is -2.61. The summed E-state index contributed by atoms with van der Waals surface area (Å²) in [5, 5.41) is 16.7. The molecule has 0 saturated heterocycles. The molecular weight excluding hydrogens is 384 g/mol. The summed E-state index contributed by atoms with van der Waals surface area (Å²) in [6, 6.07) is 9.76. The summed E-state index contributed by atoms with van der Waals surface area (Å²) in [6.45, 7) is 1.28. The summed E-state index contributed by atoms with van der Waals surface area (Å²) in [5.74, 6) is 0.686. The van der Waals surface area contributed by atoms with Crippen molar-refractivity contribution in [3.8, 4) is 11.4 Å². The molecule has 3 aromatic rings. The van der Waals surface area contributed by atoms with E-state index in [4.69, 9.17) is 4.98 Å². The van der Waals surface area contributed by atoms with Gasteiger partial charge in [-0.05, 0) is 43.7 Å². The highest BCUT2D eigenvalue weighted by atomic mass is 32.1. The lowest BCUT2D eigenvalue weighted by atomic mass is 10.0. The number of carbonyl (C=O) groups excluding carboxylic acids is 1. The molecule has 1 amide bonds. The molecule has 0 aliphatic heterocycles. The van der Waals surface area contributed by atoms with Gasteiger partial charge in [-0.25, -0.2) is 4.98 Å².